The molecule has 1 aliphatic heterocycles. The quantitative estimate of drug-likeness (QED) is 0.774. The maximum absolute atomic E-state index is 5.71. The molecule has 0 amide bonds. The Hall–Kier alpha value is -0.860. The van der Waals surface area contributed by atoms with Crippen LogP contribution in [0.4, 0.5) is 0 Å². The number of aryl methyl sites for hydroxylation is 1. The SMILES string of the molecule is CCc1ccc(C2CNC(C)O2)cc1. The average molecular weight is 191 g/mol. The highest BCUT2D eigenvalue weighted by molar-refractivity contribution is 5.24. The lowest BCUT2D eigenvalue weighted by molar-refractivity contribution is 0.0529. The second-order valence-electron chi connectivity index (χ2n) is 3.77. The number of hydrogen-bond donors (Lipinski definition) is 1. The van der Waals surface area contributed by atoms with E-state index in [4.69, 9.17) is 4.74 Å². The molecule has 2 atom stereocenters. The largest absolute Gasteiger partial charge is 0.354 e. The van der Waals surface area contributed by atoms with Crippen LogP contribution in [-0.2, 0) is 11.2 Å². The van der Waals surface area contributed by atoms with Crippen molar-refractivity contribution in [2.75, 3.05) is 6.54 Å². The summed E-state index contributed by atoms with van der Waals surface area (Å²) in [7, 11) is 0. The molecule has 76 valence electrons. The molecule has 2 rings (SSSR count). The maximum atomic E-state index is 5.71. The first-order valence-corrected chi connectivity index (χ1v) is 5.27. The molecule has 1 heterocycles. The highest BCUT2D eigenvalue weighted by Crippen LogP contribution is 2.22. The van der Waals surface area contributed by atoms with Gasteiger partial charge in [-0.15, -0.1) is 0 Å². The van der Waals surface area contributed by atoms with E-state index in [2.05, 4.69) is 36.5 Å². The smallest absolute Gasteiger partial charge is 0.106 e. The van der Waals surface area contributed by atoms with Crippen LogP contribution in [0.2, 0.25) is 0 Å². The highest BCUT2D eigenvalue weighted by atomic mass is 16.5. The number of rotatable bonds is 2. The average Bonchev–Trinajstić information content (AvgIpc) is 2.65. The normalized spacial score (nSPS) is 26.7. The van der Waals surface area contributed by atoms with Gasteiger partial charge in [-0.05, 0) is 24.5 Å². The van der Waals surface area contributed by atoms with Crippen LogP contribution in [0.1, 0.15) is 31.1 Å². The predicted molar refractivity (Wildman–Crippen MR) is 57.1 cm³/mol. The van der Waals surface area contributed by atoms with Crippen molar-refractivity contribution >= 4 is 0 Å². The number of hydrogen-bond acceptors (Lipinski definition) is 2. The maximum Gasteiger partial charge on any atom is 0.106 e. The molecule has 0 saturated carbocycles. The summed E-state index contributed by atoms with van der Waals surface area (Å²) in [4.78, 5) is 0. The van der Waals surface area contributed by atoms with Gasteiger partial charge in [0.1, 0.15) is 6.23 Å². The fourth-order valence-corrected chi connectivity index (χ4v) is 1.78. The fourth-order valence-electron chi connectivity index (χ4n) is 1.78. The molecule has 2 nitrogen and oxygen atoms in total. The lowest BCUT2D eigenvalue weighted by atomic mass is 10.1. The van der Waals surface area contributed by atoms with Gasteiger partial charge in [0.15, 0.2) is 0 Å². The Kier molecular flexibility index (Phi) is 2.85. The second-order valence-corrected chi connectivity index (χ2v) is 3.77. The molecular formula is C12H17NO. The summed E-state index contributed by atoms with van der Waals surface area (Å²) >= 11 is 0. The van der Waals surface area contributed by atoms with Gasteiger partial charge in [0.05, 0.1) is 6.10 Å². The first-order chi connectivity index (χ1) is 6.79. The van der Waals surface area contributed by atoms with Gasteiger partial charge < -0.3 is 4.74 Å². The third-order valence-electron chi connectivity index (χ3n) is 2.72. The van der Waals surface area contributed by atoms with Crippen LogP contribution in [-0.4, -0.2) is 12.8 Å². The zero-order valence-corrected chi connectivity index (χ0v) is 8.79. The Balaban J connectivity index is 2.09. The van der Waals surface area contributed by atoms with Crippen molar-refractivity contribution in [2.45, 2.75) is 32.6 Å². The van der Waals surface area contributed by atoms with Gasteiger partial charge in [0, 0.05) is 6.54 Å². The molecule has 0 bridgehead atoms. The zero-order valence-electron chi connectivity index (χ0n) is 8.79. The van der Waals surface area contributed by atoms with Gasteiger partial charge in [-0.3, -0.25) is 5.32 Å². The van der Waals surface area contributed by atoms with Crippen LogP contribution < -0.4 is 5.32 Å². The molecule has 0 radical (unpaired) electrons. The minimum atomic E-state index is 0.186. The van der Waals surface area contributed by atoms with E-state index >= 15 is 0 Å². The molecule has 1 fully saturated rings. The Bertz CT molecular complexity index is 294. The van der Waals surface area contributed by atoms with E-state index in [1.54, 1.807) is 0 Å². The van der Waals surface area contributed by atoms with Crippen molar-refractivity contribution in [3.63, 3.8) is 0 Å². The molecule has 0 aliphatic carbocycles. The first kappa shape index (κ1) is 9.69. The molecule has 2 unspecified atom stereocenters. The Morgan fingerprint density at radius 3 is 2.57 bits per heavy atom. The van der Waals surface area contributed by atoms with E-state index in [1.165, 1.54) is 11.1 Å². The summed E-state index contributed by atoms with van der Waals surface area (Å²) in [6.07, 6.45) is 1.52. The summed E-state index contributed by atoms with van der Waals surface area (Å²) in [5.74, 6) is 0. The molecular weight excluding hydrogens is 174 g/mol. The Morgan fingerprint density at radius 2 is 2.07 bits per heavy atom. The Labute approximate surface area is 85.3 Å². The fraction of sp³-hybridized carbons (Fsp3) is 0.500. The zero-order chi connectivity index (χ0) is 9.97. The molecule has 1 aliphatic rings. The third-order valence-corrected chi connectivity index (χ3v) is 2.72. The molecule has 0 aromatic heterocycles. The minimum absolute atomic E-state index is 0.186. The van der Waals surface area contributed by atoms with Crippen molar-refractivity contribution in [2.24, 2.45) is 0 Å². The molecule has 1 aromatic carbocycles. The summed E-state index contributed by atoms with van der Waals surface area (Å²) in [5, 5.41) is 3.27. The second kappa shape index (κ2) is 4.11. The van der Waals surface area contributed by atoms with Crippen molar-refractivity contribution in [3.8, 4) is 0 Å². The highest BCUT2D eigenvalue weighted by Gasteiger charge is 2.21. The molecule has 1 saturated heterocycles. The van der Waals surface area contributed by atoms with Gasteiger partial charge in [0.2, 0.25) is 0 Å². The molecule has 0 spiro atoms. The van der Waals surface area contributed by atoms with Crippen LogP contribution >= 0.6 is 0 Å². The number of benzene rings is 1. The summed E-state index contributed by atoms with van der Waals surface area (Å²) < 4.78 is 5.71. The third kappa shape index (κ3) is 1.97. The van der Waals surface area contributed by atoms with E-state index in [0.717, 1.165) is 13.0 Å². The summed E-state index contributed by atoms with van der Waals surface area (Å²) in [6.45, 7) is 5.14. The van der Waals surface area contributed by atoms with E-state index in [0.29, 0.717) is 0 Å². The molecule has 2 heteroatoms. The number of nitrogens with one attached hydrogen (secondary N) is 1. The standard InChI is InChI=1S/C12H17NO/c1-3-10-4-6-11(7-5-10)12-8-13-9(2)14-12/h4-7,9,12-13H,3,8H2,1-2H3. The van der Waals surface area contributed by atoms with Crippen LogP contribution in [0.15, 0.2) is 24.3 Å². The van der Waals surface area contributed by atoms with Gasteiger partial charge >= 0.3 is 0 Å². The minimum Gasteiger partial charge on any atom is -0.354 e. The first-order valence-electron chi connectivity index (χ1n) is 5.27. The van der Waals surface area contributed by atoms with E-state index in [1.807, 2.05) is 6.92 Å². The molecule has 1 aromatic rings. The van der Waals surface area contributed by atoms with Crippen LogP contribution in [0, 0.1) is 0 Å². The van der Waals surface area contributed by atoms with E-state index in [-0.39, 0.29) is 12.3 Å². The van der Waals surface area contributed by atoms with Gasteiger partial charge in [-0.1, -0.05) is 31.2 Å². The van der Waals surface area contributed by atoms with E-state index < -0.39 is 0 Å². The summed E-state index contributed by atoms with van der Waals surface area (Å²) in [5.41, 5.74) is 2.66. The van der Waals surface area contributed by atoms with Crippen LogP contribution in [0.25, 0.3) is 0 Å². The van der Waals surface area contributed by atoms with Gasteiger partial charge in [-0.25, -0.2) is 0 Å². The van der Waals surface area contributed by atoms with Gasteiger partial charge in [-0.2, -0.15) is 0 Å². The molecule has 14 heavy (non-hydrogen) atoms. The number of ether oxygens (including phenoxy) is 1. The van der Waals surface area contributed by atoms with E-state index in [9.17, 15) is 0 Å². The lowest BCUT2D eigenvalue weighted by Gasteiger charge is -2.10. The van der Waals surface area contributed by atoms with Crippen molar-refractivity contribution in [3.05, 3.63) is 35.4 Å². The Morgan fingerprint density at radius 1 is 1.36 bits per heavy atom. The predicted octanol–water partition coefficient (Wildman–Crippen LogP) is 2.26. The topological polar surface area (TPSA) is 21.3 Å². The van der Waals surface area contributed by atoms with Gasteiger partial charge in [0.25, 0.3) is 0 Å². The van der Waals surface area contributed by atoms with Crippen molar-refractivity contribution in [1.29, 1.82) is 0 Å². The lowest BCUT2D eigenvalue weighted by Crippen LogP contribution is -2.17. The van der Waals surface area contributed by atoms with Crippen LogP contribution in [0.5, 0.6) is 0 Å². The molecule has 1 N–H and O–H groups in total. The summed E-state index contributed by atoms with van der Waals surface area (Å²) in [6, 6.07) is 8.70. The van der Waals surface area contributed by atoms with Crippen molar-refractivity contribution in [1.82, 2.24) is 5.32 Å². The van der Waals surface area contributed by atoms with Crippen LogP contribution in [0.3, 0.4) is 0 Å². The monoisotopic (exact) mass is 191 g/mol. The van der Waals surface area contributed by atoms with Crippen molar-refractivity contribution < 1.29 is 4.74 Å².